The van der Waals surface area contributed by atoms with Gasteiger partial charge in [-0.3, -0.25) is 0 Å². The zero-order valence-electron chi connectivity index (χ0n) is 11.4. The van der Waals surface area contributed by atoms with Crippen LogP contribution in [0.15, 0.2) is 53.4 Å². The van der Waals surface area contributed by atoms with Gasteiger partial charge in [0.05, 0.1) is 11.4 Å². The standard InChI is InChI=1S/C17H18N2S/c1-4-8-17-14(5-1)13(12-20-17)11-19-10-9-18-15-6-2-3-7-16(15)19/h1-8,13,18H,9-12H2. The van der Waals surface area contributed by atoms with Gasteiger partial charge in [0, 0.05) is 36.2 Å². The van der Waals surface area contributed by atoms with Crippen LogP contribution in [0, 0.1) is 0 Å². The zero-order chi connectivity index (χ0) is 13.4. The second-order valence-electron chi connectivity index (χ2n) is 5.44. The SMILES string of the molecule is c1ccc2c(c1)NCCN2CC1CSc2ccccc21. The monoisotopic (exact) mass is 282 g/mol. The third-order valence-corrected chi connectivity index (χ3v) is 5.43. The van der Waals surface area contributed by atoms with Crippen LogP contribution in [0.5, 0.6) is 0 Å². The summed E-state index contributed by atoms with van der Waals surface area (Å²) in [5, 5.41) is 3.49. The number of benzene rings is 2. The largest absolute Gasteiger partial charge is 0.382 e. The summed E-state index contributed by atoms with van der Waals surface area (Å²) in [7, 11) is 0. The summed E-state index contributed by atoms with van der Waals surface area (Å²) < 4.78 is 0. The van der Waals surface area contributed by atoms with E-state index in [0.29, 0.717) is 5.92 Å². The molecule has 2 aliphatic heterocycles. The molecule has 0 saturated heterocycles. The van der Waals surface area contributed by atoms with Crippen molar-refractivity contribution < 1.29 is 0 Å². The Morgan fingerprint density at radius 2 is 1.95 bits per heavy atom. The van der Waals surface area contributed by atoms with E-state index in [-0.39, 0.29) is 0 Å². The molecule has 0 amide bonds. The lowest BCUT2D eigenvalue weighted by Crippen LogP contribution is -2.37. The first-order chi connectivity index (χ1) is 9.92. The number of thioether (sulfide) groups is 1. The summed E-state index contributed by atoms with van der Waals surface area (Å²) in [5.41, 5.74) is 4.17. The molecule has 0 spiro atoms. The van der Waals surface area contributed by atoms with Gasteiger partial charge in [-0.2, -0.15) is 0 Å². The molecule has 0 radical (unpaired) electrons. The van der Waals surface area contributed by atoms with Crippen molar-refractivity contribution >= 4 is 23.1 Å². The first-order valence-electron chi connectivity index (χ1n) is 7.21. The Bertz CT molecular complexity index is 626. The van der Waals surface area contributed by atoms with E-state index in [1.807, 2.05) is 11.8 Å². The molecular formula is C17H18N2S. The topological polar surface area (TPSA) is 15.3 Å². The molecule has 0 saturated carbocycles. The molecule has 2 aromatic carbocycles. The van der Waals surface area contributed by atoms with Gasteiger partial charge >= 0.3 is 0 Å². The van der Waals surface area contributed by atoms with Crippen LogP contribution in [0.2, 0.25) is 0 Å². The number of fused-ring (bicyclic) bond motifs is 2. The molecule has 1 N–H and O–H groups in total. The summed E-state index contributed by atoms with van der Waals surface area (Å²) in [6.07, 6.45) is 0. The lowest BCUT2D eigenvalue weighted by molar-refractivity contribution is 0.694. The van der Waals surface area contributed by atoms with Gasteiger partial charge in [-0.05, 0) is 23.8 Å². The predicted octanol–water partition coefficient (Wildman–Crippen LogP) is 3.81. The molecular weight excluding hydrogens is 264 g/mol. The summed E-state index contributed by atoms with van der Waals surface area (Å²) in [4.78, 5) is 4.01. The minimum absolute atomic E-state index is 0.655. The second-order valence-corrected chi connectivity index (χ2v) is 6.50. The van der Waals surface area contributed by atoms with Gasteiger partial charge in [0.15, 0.2) is 0 Å². The van der Waals surface area contributed by atoms with E-state index >= 15 is 0 Å². The fourth-order valence-corrected chi connectivity index (χ4v) is 4.42. The molecule has 0 fully saturated rings. The molecule has 2 heterocycles. The van der Waals surface area contributed by atoms with Crippen LogP contribution in [0.1, 0.15) is 11.5 Å². The van der Waals surface area contributed by atoms with Crippen molar-refractivity contribution in [2.45, 2.75) is 10.8 Å². The van der Waals surface area contributed by atoms with Crippen molar-refractivity contribution in [3.63, 3.8) is 0 Å². The normalized spacial score (nSPS) is 20.2. The number of anilines is 2. The molecule has 0 aliphatic carbocycles. The van der Waals surface area contributed by atoms with Crippen LogP contribution < -0.4 is 10.2 Å². The number of rotatable bonds is 2. The molecule has 0 bridgehead atoms. The lowest BCUT2D eigenvalue weighted by atomic mass is 10.00. The van der Waals surface area contributed by atoms with Crippen LogP contribution >= 0.6 is 11.8 Å². The number of para-hydroxylation sites is 2. The highest BCUT2D eigenvalue weighted by Gasteiger charge is 2.26. The maximum Gasteiger partial charge on any atom is 0.0602 e. The van der Waals surface area contributed by atoms with E-state index in [0.717, 1.165) is 19.6 Å². The summed E-state index contributed by atoms with van der Waals surface area (Å²) in [5.74, 6) is 1.87. The molecule has 4 rings (SSSR count). The van der Waals surface area contributed by atoms with Crippen LogP contribution in [0.4, 0.5) is 11.4 Å². The van der Waals surface area contributed by atoms with E-state index in [4.69, 9.17) is 0 Å². The fourth-order valence-electron chi connectivity index (χ4n) is 3.18. The molecule has 2 aromatic rings. The van der Waals surface area contributed by atoms with Crippen molar-refractivity contribution in [3.8, 4) is 0 Å². The zero-order valence-corrected chi connectivity index (χ0v) is 12.2. The lowest BCUT2D eigenvalue weighted by Gasteiger charge is -2.34. The van der Waals surface area contributed by atoms with Crippen molar-refractivity contribution in [2.24, 2.45) is 0 Å². The molecule has 3 heteroatoms. The van der Waals surface area contributed by atoms with Gasteiger partial charge in [0.2, 0.25) is 0 Å². The molecule has 2 aliphatic rings. The van der Waals surface area contributed by atoms with Crippen LogP contribution in [-0.2, 0) is 0 Å². The van der Waals surface area contributed by atoms with E-state index in [9.17, 15) is 0 Å². The summed E-state index contributed by atoms with van der Waals surface area (Å²) in [6, 6.07) is 17.5. The van der Waals surface area contributed by atoms with Gasteiger partial charge in [-0.25, -0.2) is 0 Å². The number of hydrogen-bond acceptors (Lipinski definition) is 3. The Kier molecular flexibility index (Phi) is 3.07. The van der Waals surface area contributed by atoms with Gasteiger partial charge in [-0.15, -0.1) is 11.8 Å². The summed E-state index contributed by atoms with van der Waals surface area (Å²) in [6.45, 7) is 3.27. The smallest absolute Gasteiger partial charge is 0.0602 e. The maximum atomic E-state index is 3.49. The van der Waals surface area contributed by atoms with Crippen LogP contribution in [0.25, 0.3) is 0 Å². The van der Waals surface area contributed by atoms with Gasteiger partial charge in [0.25, 0.3) is 0 Å². The minimum atomic E-state index is 0.655. The van der Waals surface area contributed by atoms with E-state index < -0.39 is 0 Å². The maximum absolute atomic E-state index is 3.49. The van der Waals surface area contributed by atoms with E-state index in [1.54, 1.807) is 0 Å². The highest BCUT2D eigenvalue weighted by Crippen LogP contribution is 2.41. The van der Waals surface area contributed by atoms with Gasteiger partial charge in [0.1, 0.15) is 0 Å². The first-order valence-corrected chi connectivity index (χ1v) is 8.20. The van der Waals surface area contributed by atoms with Crippen molar-refractivity contribution in [1.29, 1.82) is 0 Å². The van der Waals surface area contributed by atoms with Gasteiger partial charge < -0.3 is 10.2 Å². The molecule has 1 unspecified atom stereocenters. The molecule has 0 aromatic heterocycles. The molecule has 2 nitrogen and oxygen atoms in total. The van der Waals surface area contributed by atoms with Crippen LogP contribution in [-0.4, -0.2) is 25.4 Å². The summed E-state index contributed by atoms with van der Waals surface area (Å²) >= 11 is 2.00. The van der Waals surface area contributed by atoms with Crippen molar-refractivity contribution in [3.05, 3.63) is 54.1 Å². The van der Waals surface area contributed by atoms with Gasteiger partial charge in [-0.1, -0.05) is 30.3 Å². The number of hydrogen-bond donors (Lipinski definition) is 1. The Balaban J connectivity index is 1.59. The Morgan fingerprint density at radius 3 is 2.95 bits per heavy atom. The fraction of sp³-hybridized carbons (Fsp3) is 0.294. The Hall–Kier alpha value is -1.61. The molecule has 1 atom stereocenters. The molecule has 20 heavy (non-hydrogen) atoms. The molecule has 102 valence electrons. The van der Waals surface area contributed by atoms with Crippen molar-refractivity contribution in [1.82, 2.24) is 0 Å². The first kappa shape index (κ1) is 12.2. The average molecular weight is 282 g/mol. The average Bonchev–Trinajstić information content (AvgIpc) is 2.91. The second kappa shape index (κ2) is 5.06. The highest BCUT2D eigenvalue weighted by atomic mass is 32.2. The van der Waals surface area contributed by atoms with E-state index in [1.165, 1.54) is 27.6 Å². The third kappa shape index (κ3) is 2.06. The van der Waals surface area contributed by atoms with Crippen molar-refractivity contribution in [2.75, 3.05) is 35.6 Å². The third-order valence-electron chi connectivity index (χ3n) is 4.18. The predicted molar refractivity (Wildman–Crippen MR) is 87.1 cm³/mol. The Labute approximate surface area is 124 Å². The van der Waals surface area contributed by atoms with Crippen LogP contribution in [0.3, 0.4) is 0 Å². The number of nitrogens with zero attached hydrogens (tertiary/aromatic N) is 1. The highest BCUT2D eigenvalue weighted by molar-refractivity contribution is 7.99. The number of nitrogens with one attached hydrogen (secondary N) is 1. The van der Waals surface area contributed by atoms with E-state index in [2.05, 4.69) is 58.7 Å². The quantitative estimate of drug-likeness (QED) is 0.901. The minimum Gasteiger partial charge on any atom is -0.382 e. The Morgan fingerprint density at radius 1 is 1.10 bits per heavy atom.